The van der Waals surface area contributed by atoms with Gasteiger partial charge in [0.05, 0.1) is 0 Å². The molecule has 0 saturated carbocycles. The van der Waals surface area contributed by atoms with Crippen LogP contribution in [0.4, 0.5) is 10.5 Å². The molecule has 2 rings (SSSR count). The molecule has 6 heteroatoms. The van der Waals surface area contributed by atoms with Crippen molar-refractivity contribution >= 4 is 23.5 Å². The van der Waals surface area contributed by atoms with Gasteiger partial charge >= 0.3 is 6.03 Å². The van der Waals surface area contributed by atoms with Gasteiger partial charge in [-0.2, -0.15) is 0 Å². The first-order chi connectivity index (χ1) is 8.49. The van der Waals surface area contributed by atoms with E-state index in [0.29, 0.717) is 5.69 Å². The predicted molar refractivity (Wildman–Crippen MR) is 64.7 cm³/mol. The summed E-state index contributed by atoms with van der Waals surface area (Å²) < 4.78 is 0. The normalized spacial score (nSPS) is 19.6. The molecular weight excluding hydrogens is 234 g/mol. The van der Waals surface area contributed by atoms with Gasteiger partial charge in [0.2, 0.25) is 11.8 Å². The smallest absolute Gasteiger partial charge is 0.328 e. The molecule has 1 aliphatic heterocycles. The first-order valence-corrected chi connectivity index (χ1v) is 5.47. The fourth-order valence-electron chi connectivity index (χ4n) is 1.85. The average Bonchev–Trinajstić information content (AvgIpc) is 2.28. The molecule has 1 aromatic rings. The molecular formula is C12H13N3O3. The van der Waals surface area contributed by atoms with E-state index in [9.17, 15) is 14.4 Å². The largest absolute Gasteiger partial charge is 0.369 e. The number of amides is 4. The highest BCUT2D eigenvalue weighted by Gasteiger charge is 2.36. The van der Waals surface area contributed by atoms with E-state index in [-0.39, 0.29) is 6.54 Å². The molecule has 0 bridgehead atoms. The van der Waals surface area contributed by atoms with Crippen LogP contribution in [0.5, 0.6) is 0 Å². The third-order valence-corrected chi connectivity index (χ3v) is 2.81. The SMILES string of the molecule is Cc1cccc(N2CC(C(N)=O)C(=O)NC2=O)c1. The molecule has 4 amide bonds. The second-order valence-corrected chi connectivity index (χ2v) is 4.20. The van der Waals surface area contributed by atoms with Gasteiger partial charge in [0, 0.05) is 12.2 Å². The lowest BCUT2D eigenvalue weighted by atomic mass is 10.0. The number of carbonyl (C=O) groups is 3. The molecule has 1 atom stereocenters. The molecule has 3 N–H and O–H groups in total. The van der Waals surface area contributed by atoms with Crippen molar-refractivity contribution in [2.24, 2.45) is 11.7 Å². The Morgan fingerprint density at radius 1 is 1.44 bits per heavy atom. The average molecular weight is 247 g/mol. The number of primary amides is 1. The number of hydrogen-bond acceptors (Lipinski definition) is 3. The van der Waals surface area contributed by atoms with Gasteiger partial charge in [-0.1, -0.05) is 12.1 Å². The van der Waals surface area contributed by atoms with Gasteiger partial charge in [-0.3, -0.25) is 19.8 Å². The number of nitrogens with one attached hydrogen (secondary N) is 1. The molecule has 94 valence electrons. The number of benzene rings is 1. The number of imide groups is 1. The third kappa shape index (κ3) is 2.17. The summed E-state index contributed by atoms with van der Waals surface area (Å²) in [4.78, 5) is 35.6. The lowest BCUT2D eigenvalue weighted by Gasteiger charge is -2.30. The number of rotatable bonds is 2. The van der Waals surface area contributed by atoms with Crippen LogP contribution in [0.1, 0.15) is 5.56 Å². The highest BCUT2D eigenvalue weighted by molar-refractivity contribution is 6.13. The maximum absolute atomic E-state index is 11.7. The van der Waals surface area contributed by atoms with Crippen molar-refractivity contribution in [2.75, 3.05) is 11.4 Å². The zero-order chi connectivity index (χ0) is 13.3. The number of carbonyl (C=O) groups excluding carboxylic acids is 3. The van der Waals surface area contributed by atoms with E-state index in [1.807, 2.05) is 13.0 Å². The monoisotopic (exact) mass is 247 g/mol. The van der Waals surface area contributed by atoms with Gasteiger partial charge in [0.25, 0.3) is 0 Å². The van der Waals surface area contributed by atoms with Crippen molar-refractivity contribution in [2.45, 2.75) is 6.92 Å². The summed E-state index contributed by atoms with van der Waals surface area (Å²) in [5, 5.41) is 2.13. The minimum absolute atomic E-state index is 0.0244. The van der Waals surface area contributed by atoms with Gasteiger partial charge in [-0.05, 0) is 24.6 Å². The van der Waals surface area contributed by atoms with Crippen LogP contribution in [0.2, 0.25) is 0 Å². The molecule has 18 heavy (non-hydrogen) atoms. The van der Waals surface area contributed by atoms with Crippen LogP contribution in [-0.4, -0.2) is 24.4 Å². The summed E-state index contributed by atoms with van der Waals surface area (Å²) in [7, 11) is 0. The quantitative estimate of drug-likeness (QED) is 0.729. The summed E-state index contributed by atoms with van der Waals surface area (Å²) in [5.41, 5.74) is 6.75. The molecule has 0 aliphatic carbocycles. The molecule has 1 aliphatic rings. The molecule has 0 aromatic heterocycles. The number of anilines is 1. The van der Waals surface area contributed by atoms with E-state index < -0.39 is 23.8 Å². The van der Waals surface area contributed by atoms with E-state index in [1.54, 1.807) is 18.2 Å². The topological polar surface area (TPSA) is 92.5 Å². The van der Waals surface area contributed by atoms with Gasteiger partial charge in [0.15, 0.2) is 0 Å². The molecule has 1 aromatic carbocycles. The zero-order valence-electron chi connectivity index (χ0n) is 9.84. The molecule has 0 spiro atoms. The van der Waals surface area contributed by atoms with Gasteiger partial charge < -0.3 is 5.73 Å². The van der Waals surface area contributed by atoms with E-state index in [1.165, 1.54) is 4.90 Å². The Morgan fingerprint density at radius 3 is 2.78 bits per heavy atom. The molecule has 1 unspecified atom stereocenters. The Morgan fingerprint density at radius 2 is 2.17 bits per heavy atom. The molecule has 1 heterocycles. The van der Waals surface area contributed by atoms with Crippen molar-refractivity contribution in [1.29, 1.82) is 0 Å². The number of nitrogens with zero attached hydrogens (tertiary/aromatic N) is 1. The molecule has 0 radical (unpaired) electrons. The summed E-state index contributed by atoms with van der Waals surface area (Å²) in [5.74, 6) is -2.39. The number of aryl methyl sites for hydroxylation is 1. The highest BCUT2D eigenvalue weighted by Crippen LogP contribution is 2.20. The van der Waals surface area contributed by atoms with Gasteiger partial charge in [0.1, 0.15) is 5.92 Å². The van der Waals surface area contributed by atoms with Crippen molar-refractivity contribution in [3.8, 4) is 0 Å². The summed E-state index contributed by atoms with van der Waals surface area (Å²) >= 11 is 0. The Balaban J connectivity index is 2.30. The van der Waals surface area contributed by atoms with Gasteiger partial charge in [-0.25, -0.2) is 4.79 Å². The minimum atomic E-state index is -1.01. The molecule has 1 saturated heterocycles. The fourth-order valence-corrected chi connectivity index (χ4v) is 1.85. The Hall–Kier alpha value is -2.37. The Labute approximate surface area is 104 Å². The van der Waals surface area contributed by atoms with Crippen molar-refractivity contribution in [1.82, 2.24) is 5.32 Å². The van der Waals surface area contributed by atoms with Crippen molar-refractivity contribution in [3.63, 3.8) is 0 Å². The van der Waals surface area contributed by atoms with E-state index in [2.05, 4.69) is 5.32 Å². The third-order valence-electron chi connectivity index (χ3n) is 2.81. The minimum Gasteiger partial charge on any atom is -0.369 e. The van der Waals surface area contributed by atoms with Crippen LogP contribution in [0, 0.1) is 12.8 Å². The van der Waals surface area contributed by atoms with E-state index in [0.717, 1.165) is 5.56 Å². The standard InChI is InChI=1S/C12H13N3O3/c1-7-3-2-4-8(5-7)15-6-9(10(13)16)11(17)14-12(15)18/h2-5,9H,6H2,1H3,(H2,13,16)(H,14,17,18). The van der Waals surface area contributed by atoms with Crippen LogP contribution in [0.3, 0.4) is 0 Å². The lowest BCUT2D eigenvalue weighted by Crippen LogP contribution is -2.57. The van der Waals surface area contributed by atoms with Crippen molar-refractivity contribution in [3.05, 3.63) is 29.8 Å². The summed E-state index contributed by atoms with van der Waals surface area (Å²) in [6, 6.07) is 6.69. The first-order valence-electron chi connectivity index (χ1n) is 5.47. The predicted octanol–water partition coefficient (Wildman–Crippen LogP) is 0.153. The zero-order valence-corrected chi connectivity index (χ0v) is 9.84. The highest BCUT2D eigenvalue weighted by atomic mass is 16.2. The van der Waals surface area contributed by atoms with Crippen LogP contribution < -0.4 is 16.0 Å². The van der Waals surface area contributed by atoms with Crippen molar-refractivity contribution < 1.29 is 14.4 Å². The van der Waals surface area contributed by atoms with Crippen LogP contribution in [-0.2, 0) is 9.59 Å². The Kier molecular flexibility index (Phi) is 3.01. The number of hydrogen-bond donors (Lipinski definition) is 2. The number of nitrogens with two attached hydrogens (primary N) is 1. The molecule has 1 fully saturated rings. The van der Waals surface area contributed by atoms with Crippen LogP contribution in [0.15, 0.2) is 24.3 Å². The van der Waals surface area contributed by atoms with Crippen LogP contribution >= 0.6 is 0 Å². The van der Waals surface area contributed by atoms with E-state index >= 15 is 0 Å². The fraction of sp³-hybridized carbons (Fsp3) is 0.250. The first kappa shape index (κ1) is 12.1. The second kappa shape index (κ2) is 4.48. The number of urea groups is 1. The van der Waals surface area contributed by atoms with Crippen LogP contribution in [0.25, 0.3) is 0 Å². The maximum atomic E-state index is 11.7. The van der Waals surface area contributed by atoms with E-state index in [4.69, 9.17) is 5.73 Å². The maximum Gasteiger partial charge on any atom is 0.328 e. The van der Waals surface area contributed by atoms with Gasteiger partial charge in [-0.15, -0.1) is 0 Å². The molecule has 6 nitrogen and oxygen atoms in total. The summed E-state index contributed by atoms with van der Waals surface area (Å²) in [6.45, 7) is 1.87. The second-order valence-electron chi connectivity index (χ2n) is 4.20. The Bertz CT molecular complexity index is 527. The lowest BCUT2D eigenvalue weighted by molar-refractivity contribution is -0.132. The summed E-state index contributed by atoms with van der Waals surface area (Å²) in [6.07, 6.45) is 0.